The fraction of sp³-hybridized carbons (Fsp3) is 0.0800. The molecule has 0 aliphatic rings. The van der Waals surface area contributed by atoms with Crippen molar-refractivity contribution in [2.75, 3.05) is 5.32 Å². The van der Waals surface area contributed by atoms with E-state index < -0.39 is 11.9 Å². The number of carbonyl (C=O) groups is 2. The van der Waals surface area contributed by atoms with Crippen molar-refractivity contribution in [3.05, 3.63) is 98.5 Å². The first-order valence-corrected chi connectivity index (χ1v) is 10.5. The van der Waals surface area contributed by atoms with Crippen LogP contribution in [-0.4, -0.2) is 17.0 Å². The van der Waals surface area contributed by atoms with E-state index in [-0.39, 0.29) is 33.5 Å². The van der Waals surface area contributed by atoms with Crippen molar-refractivity contribution >= 4 is 46.8 Å². The van der Waals surface area contributed by atoms with Crippen LogP contribution in [0.2, 0.25) is 10.0 Å². The highest BCUT2D eigenvalue weighted by atomic mass is 35.5. The molecule has 166 valence electrons. The van der Waals surface area contributed by atoms with Crippen molar-refractivity contribution in [1.82, 2.24) is 0 Å². The van der Waals surface area contributed by atoms with Gasteiger partial charge in [0, 0.05) is 5.69 Å². The number of halogens is 2. The largest absolute Gasteiger partial charge is 0.486 e. The number of benzene rings is 3. The van der Waals surface area contributed by atoms with Gasteiger partial charge in [0.05, 0.1) is 15.6 Å². The summed E-state index contributed by atoms with van der Waals surface area (Å²) in [5.74, 6) is -1.33. The van der Waals surface area contributed by atoms with Crippen LogP contribution in [0.4, 0.5) is 5.69 Å². The van der Waals surface area contributed by atoms with Crippen LogP contribution in [0.5, 0.6) is 5.75 Å². The second-order valence-corrected chi connectivity index (χ2v) is 7.86. The van der Waals surface area contributed by atoms with Crippen molar-refractivity contribution in [2.45, 2.75) is 13.5 Å². The Morgan fingerprint density at radius 2 is 1.73 bits per heavy atom. The molecule has 8 heteroatoms. The number of hydrogen-bond acceptors (Lipinski definition) is 4. The van der Waals surface area contributed by atoms with Crippen LogP contribution in [0.3, 0.4) is 0 Å². The van der Waals surface area contributed by atoms with Crippen LogP contribution < -0.4 is 10.1 Å². The zero-order valence-corrected chi connectivity index (χ0v) is 18.9. The van der Waals surface area contributed by atoms with Gasteiger partial charge in [-0.1, -0.05) is 53.5 Å². The Morgan fingerprint density at radius 3 is 2.30 bits per heavy atom. The average Bonchev–Trinajstić information content (AvgIpc) is 2.78. The number of ether oxygens (including phenoxy) is 1. The number of nitrogens with one attached hydrogen (secondary N) is 1. The van der Waals surface area contributed by atoms with Gasteiger partial charge < -0.3 is 15.2 Å². The molecule has 0 aromatic heterocycles. The number of nitriles is 1. The minimum atomic E-state index is -1.01. The van der Waals surface area contributed by atoms with E-state index in [9.17, 15) is 14.9 Å². The third kappa shape index (κ3) is 6.13. The third-order valence-corrected chi connectivity index (χ3v) is 5.24. The topological polar surface area (TPSA) is 99.4 Å². The number of aromatic carboxylic acids is 1. The minimum Gasteiger partial charge on any atom is -0.486 e. The Morgan fingerprint density at radius 1 is 1.09 bits per heavy atom. The zero-order valence-electron chi connectivity index (χ0n) is 17.4. The molecule has 0 atom stereocenters. The lowest BCUT2D eigenvalue weighted by atomic mass is 10.1. The van der Waals surface area contributed by atoms with E-state index in [4.69, 9.17) is 33.0 Å². The number of anilines is 1. The molecule has 0 unspecified atom stereocenters. The van der Waals surface area contributed by atoms with Crippen molar-refractivity contribution in [3.8, 4) is 11.8 Å². The summed E-state index contributed by atoms with van der Waals surface area (Å²) in [5, 5.41) is 21.5. The van der Waals surface area contributed by atoms with Crippen LogP contribution in [0.25, 0.3) is 6.08 Å². The fourth-order valence-corrected chi connectivity index (χ4v) is 3.53. The Bertz CT molecular complexity index is 1260. The molecule has 3 rings (SSSR count). The number of carboxylic acid groups (broad SMARTS) is 1. The van der Waals surface area contributed by atoms with Crippen molar-refractivity contribution < 1.29 is 19.4 Å². The van der Waals surface area contributed by atoms with E-state index in [1.165, 1.54) is 30.3 Å². The van der Waals surface area contributed by atoms with Gasteiger partial charge >= 0.3 is 5.97 Å². The maximum atomic E-state index is 12.5. The van der Waals surface area contributed by atoms with Crippen LogP contribution in [0.15, 0.2) is 66.2 Å². The average molecular weight is 481 g/mol. The minimum absolute atomic E-state index is 0.113. The highest BCUT2D eigenvalue weighted by molar-refractivity contribution is 6.37. The summed E-state index contributed by atoms with van der Waals surface area (Å²) in [6, 6.07) is 18.4. The Hall–Kier alpha value is -3.79. The summed E-state index contributed by atoms with van der Waals surface area (Å²) in [7, 11) is 0. The Balaban J connectivity index is 1.75. The SMILES string of the molecule is Cc1ccccc1NC(=O)/C(C#N)=C\c1cc(Cl)c(OCc2ccc(C(=O)O)cc2)c(Cl)c1. The van der Waals surface area contributed by atoms with E-state index in [1.807, 2.05) is 25.1 Å². The number of aryl methyl sites for hydroxylation is 1. The number of para-hydroxylation sites is 1. The van der Waals surface area contributed by atoms with Crippen LogP contribution in [0, 0.1) is 18.3 Å². The quantitative estimate of drug-likeness (QED) is 0.313. The first kappa shape index (κ1) is 23.9. The summed E-state index contributed by atoms with van der Waals surface area (Å²) in [6.07, 6.45) is 1.39. The molecule has 0 spiro atoms. The fourth-order valence-electron chi connectivity index (χ4n) is 2.92. The molecule has 6 nitrogen and oxygen atoms in total. The molecule has 0 aliphatic carbocycles. The molecule has 0 aliphatic heterocycles. The predicted molar refractivity (Wildman–Crippen MR) is 128 cm³/mol. The number of nitrogens with zero attached hydrogens (tertiary/aromatic N) is 1. The molecule has 33 heavy (non-hydrogen) atoms. The zero-order chi connectivity index (χ0) is 24.0. The number of hydrogen-bond donors (Lipinski definition) is 2. The van der Waals surface area contributed by atoms with Crippen LogP contribution in [-0.2, 0) is 11.4 Å². The standard InChI is InChI=1S/C25H18Cl2N2O4/c1-15-4-2-3-5-22(15)29-24(30)19(13-28)10-17-11-20(26)23(21(27)12-17)33-14-16-6-8-18(9-7-16)25(31)32/h2-12H,14H2,1H3,(H,29,30)(H,31,32)/b19-10-. The van der Waals surface area contributed by atoms with Gasteiger partial charge in [-0.3, -0.25) is 4.79 Å². The maximum absolute atomic E-state index is 12.5. The smallest absolute Gasteiger partial charge is 0.335 e. The lowest BCUT2D eigenvalue weighted by Crippen LogP contribution is -2.14. The highest BCUT2D eigenvalue weighted by Crippen LogP contribution is 2.35. The predicted octanol–water partition coefficient (Wildman–Crippen LogP) is 6.12. The Labute approximate surface area is 200 Å². The molecule has 0 radical (unpaired) electrons. The van der Waals surface area contributed by atoms with Crippen LogP contribution in [0.1, 0.15) is 27.0 Å². The lowest BCUT2D eigenvalue weighted by molar-refractivity contribution is -0.112. The normalized spacial score (nSPS) is 10.9. The lowest BCUT2D eigenvalue weighted by Gasteiger charge is -2.11. The molecule has 1 amide bonds. The van der Waals surface area contributed by atoms with Gasteiger partial charge in [-0.05, 0) is 60.0 Å². The number of carboxylic acids is 1. The van der Waals surface area contributed by atoms with Gasteiger partial charge in [-0.2, -0.15) is 5.26 Å². The highest BCUT2D eigenvalue weighted by Gasteiger charge is 2.14. The molecule has 0 bridgehead atoms. The van der Waals surface area contributed by atoms with Gasteiger partial charge in [0.1, 0.15) is 18.2 Å². The van der Waals surface area contributed by atoms with E-state index >= 15 is 0 Å². The Kier molecular flexibility index (Phi) is 7.73. The number of carbonyl (C=O) groups excluding carboxylic acids is 1. The maximum Gasteiger partial charge on any atom is 0.335 e. The van der Waals surface area contributed by atoms with Crippen LogP contribution >= 0.6 is 23.2 Å². The molecule has 0 fully saturated rings. The molecule has 3 aromatic rings. The van der Waals surface area contributed by atoms with Crippen molar-refractivity contribution in [3.63, 3.8) is 0 Å². The van der Waals surface area contributed by atoms with Gasteiger partial charge in [0.2, 0.25) is 0 Å². The summed E-state index contributed by atoms with van der Waals surface area (Å²) >= 11 is 12.6. The molecule has 2 N–H and O–H groups in total. The summed E-state index contributed by atoms with van der Waals surface area (Å²) in [5.41, 5.74) is 2.73. The van der Waals surface area contributed by atoms with E-state index in [0.717, 1.165) is 11.1 Å². The number of rotatable bonds is 7. The molecule has 0 heterocycles. The third-order valence-electron chi connectivity index (χ3n) is 4.67. The molecular weight excluding hydrogens is 463 g/mol. The summed E-state index contributed by atoms with van der Waals surface area (Å²) < 4.78 is 5.70. The monoisotopic (exact) mass is 480 g/mol. The van der Waals surface area contributed by atoms with Gasteiger partial charge in [0.15, 0.2) is 5.75 Å². The van der Waals surface area contributed by atoms with E-state index in [1.54, 1.807) is 24.3 Å². The van der Waals surface area contributed by atoms with Crippen molar-refractivity contribution in [2.24, 2.45) is 0 Å². The molecule has 3 aromatic carbocycles. The summed E-state index contributed by atoms with van der Waals surface area (Å²) in [4.78, 5) is 23.5. The first-order valence-electron chi connectivity index (χ1n) is 9.71. The number of amides is 1. The van der Waals surface area contributed by atoms with Gasteiger partial charge in [-0.15, -0.1) is 0 Å². The van der Waals surface area contributed by atoms with Gasteiger partial charge in [-0.25, -0.2) is 4.79 Å². The molecule has 0 saturated carbocycles. The second kappa shape index (κ2) is 10.7. The molecule has 0 saturated heterocycles. The van der Waals surface area contributed by atoms with Gasteiger partial charge in [0.25, 0.3) is 5.91 Å². The van der Waals surface area contributed by atoms with Crippen molar-refractivity contribution in [1.29, 1.82) is 5.26 Å². The first-order chi connectivity index (χ1) is 15.8. The van der Waals surface area contributed by atoms with E-state index in [0.29, 0.717) is 11.3 Å². The summed E-state index contributed by atoms with van der Waals surface area (Å²) in [6.45, 7) is 1.97. The second-order valence-electron chi connectivity index (χ2n) is 7.04. The van der Waals surface area contributed by atoms with E-state index in [2.05, 4.69) is 5.32 Å². The molecular formula is C25H18Cl2N2O4.